The zero-order valence-electron chi connectivity index (χ0n) is 11.7. The summed E-state index contributed by atoms with van der Waals surface area (Å²) >= 11 is 7.55. The minimum absolute atomic E-state index is 0.482. The average molecular weight is 324 g/mol. The molecule has 0 unspecified atom stereocenters. The largest absolute Gasteiger partial charge is 0.479 e. The monoisotopic (exact) mass is 323 g/mol. The third kappa shape index (κ3) is 2.71. The molecule has 0 bridgehead atoms. The highest BCUT2D eigenvalue weighted by atomic mass is 35.5. The van der Waals surface area contributed by atoms with E-state index in [2.05, 4.69) is 24.5 Å². The number of hydrogen-bond acceptors (Lipinski definition) is 6. The van der Waals surface area contributed by atoms with E-state index in [-0.39, 0.29) is 0 Å². The van der Waals surface area contributed by atoms with Crippen LogP contribution in [0.5, 0.6) is 5.88 Å². The van der Waals surface area contributed by atoms with Gasteiger partial charge >= 0.3 is 0 Å². The molecule has 0 fully saturated rings. The summed E-state index contributed by atoms with van der Waals surface area (Å²) in [6, 6.07) is 0. The maximum Gasteiger partial charge on any atom is 0.245 e. The lowest BCUT2D eigenvalue weighted by Crippen LogP contribution is -2.05. The molecular formula is C13H14ClN5OS. The maximum atomic E-state index is 5.89. The van der Waals surface area contributed by atoms with Crippen molar-refractivity contribution in [3.63, 3.8) is 0 Å². The molecule has 3 aromatic rings. The number of ether oxygens (including phenoxy) is 1. The van der Waals surface area contributed by atoms with Gasteiger partial charge < -0.3 is 9.30 Å². The Balaban J connectivity index is 2.11. The summed E-state index contributed by atoms with van der Waals surface area (Å²) in [7, 11) is 1.58. The molecule has 0 aromatic carbocycles. The number of imidazole rings is 1. The van der Waals surface area contributed by atoms with Gasteiger partial charge in [-0.25, -0.2) is 15.0 Å². The predicted octanol–water partition coefficient (Wildman–Crippen LogP) is 2.43. The lowest BCUT2D eigenvalue weighted by atomic mass is 10.4. The van der Waals surface area contributed by atoms with Gasteiger partial charge in [-0.1, -0.05) is 0 Å². The van der Waals surface area contributed by atoms with Crippen molar-refractivity contribution in [1.29, 1.82) is 0 Å². The molecule has 0 saturated carbocycles. The Labute approximate surface area is 130 Å². The molecule has 3 rings (SSSR count). The Bertz CT molecular complexity index is 769. The van der Waals surface area contributed by atoms with Crippen LogP contribution in [0.25, 0.3) is 11.2 Å². The number of alkyl halides is 1. The number of thiazole rings is 1. The van der Waals surface area contributed by atoms with Gasteiger partial charge in [-0.15, -0.1) is 22.9 Å². The van der Waals surface area contributed by atoms with E-state index in [9.17, 15) is 0 Å². The number of methoxy groups -OCH3 is 1. The van der Waals surface area contributed by atoms with Crippen LogP contribution in [0.15, 0.2) is 12.5 Å². The first-order valence-corrected chi connectivity index (χ1v) is 7.79. The number of aromatic nitrogens is 5. The highest BCUT2D eigenvalue weighted by molar-refractivity contribution is 7.11. The van der Waals surface area contributed by atoms with Gasteiger partial charge in [0.25, 0.3) is 0 Å². The number of halogens is 1. The molecule has 6 nitrogen and oxygen atoms in total. The zero-order valence-corrected chi connectivity index (χ0v) is 13.3. The summed E-state index contributed by atoms with van der Waals surface area (Å²) in [6.07, 6.45) is 4.04. The van der Waals surface area contributed by atoms with E-state index in [0.717, 1.165) is 21.4 Å². The van der Waals surface area contributed by atoms with Crippen molar-refractivity contribution < 1.29 is 4.74 Å². The molecule has 21 heavy (non-hydrogen) atoms. The lowest BCUT2D eigenvalue weighted by molar-refractivity contribution is 0.401. The van der Waals surface area contributed by atoms with E-state index in [1.165, 1.54) is 6.33 Å². The van der Waals surface area contributed by atoms with Crippen molar-refractivity contribution in [3.8, 4) is 5.88 Å². The molecule has 0 radical (unpaired) electrons. The third-order valence-corrected chi connectivity index (χ3v) is 4.16. The van der Waals surface area contributed by atoms with Crippen molar-refractivity contribution in [3.05, 3.63) is 28.2 Å². The van der Waals surface area contributed by atoms with Gasteiger partial charge in [0.2, 0.25) is 5.88 Å². The van der Waals surface area contributed by atoms with Crippen LogP contribution in [0.1, 0.15) is 15.7 Å². The maximum absolute atomic E-state index is 5.89. The summed E-state index contributed by atoms with van der Waals surface area (Å²) in [5, 5.41) is 1.04. The molecule has 8 heteroatoms. The van der Waals surface area contributed by atoms with Crippen molar-refractivity contribution in [2.45, 2.75) is 19.9 Å². The van der Waals surface area contributed by atoms with E-state index >= 15 is 0 Å². The van der Waals surface area contributed by atoms with E-state index < -0.39 is 0 Å². The topological polar surface area (TPSA) is 65.7 Å². The number of hydrogen-bond donors (Lipinski definition) is 0. The molecule has 0 aliphatic heterocycles. The van der Waals surface area contributed by atoms with Crippen LogP contribution in [0.3, 0.4) is 0 Å². The summed E-state index contributed by atoms with van der Waals surface area (Å²) in [6.45, 7) is 2.67. The van der Waals surface area contributed by atoms with Crippen LogP contribution < -0.4 is 4.74 Å². The minimum atomic E-state index is 0.482. The van der Waals surface area contributed by atoms with Crippen molar-refractivity contribution in [2.24, 2.45) is 0 Å². The summed E-state index contributed by atoms with van der Waals surface area (Å²) in [5.74, 6) is 1.86. The Morgan fingerprint density at radius 1 is 1.33 bits per heavy atom. The van der Waals surface area contributed by atoms with Crippen LogP contribution in [0.2, 0.25) is 0 Å². The van der Waals surface area contributed by atoms with Gasteiger partial charge in [0, 0.05) is 23.4 Å². The van der Waals surface area contributed by atoms with E-state index in [1.807, 2.05) is 13.1 Å². The number of nitrogens with zero attached hydrogens (tertiary/aromatic N) is 5. The summed E-state index contributed by atoms with van der Waals surface area (Å²) in [4.78, 5) is 18.5. The molecule has 0 aliphatic carbocycles. The first-order chi connectivity index (χ1) is 10.2. The summed E-state index contributed by atoms with van der Waals surface area (Å²) in [5.41, 5.74) is 1.43. The lowest BCUT2D eigenvalue weighted by Gasteiger charge is -2.05. The minimum Gasteiger partial charge on any atom is -0.479 e. The normalized spacial score (nSPS) is 11.2. The van der Waals surface area contributed by atoms with E-state index in [4.69, 9.17) is 16.3 Å². The van der Waals surface area contributed by atoms with Crippen molar-refractivity contribution >= 4 is 34.1 Å². The Morgan fingerprint density at radius 2 is 2.19 bits per heavy atom. The average Bonchev–Trinajstić information content (AvgIpc) is 3.04. The second kappa shape index (κ2) is 5.95. The molecule has 3 heterocycles. The van der Waals surface area contributed by atoms with Crippen LogP contribution in [-0.2, 0) is 13.0 Å². The van der Waals surface area contributed by atoms with Crippen LogP contribution in [0.4, 0.5) is 0 Å². The standard InChI is InChI=1S/C13H14ClN5OS/c1-8-15-5-9(21-8)6-19-10(3-4-14)18-11-12(19)16-7-17-13(11)20-2/h5,7H,3-4,6H2,1-2H3. The smallest absolute Gasteiger partial charge is 0.245 e. The predicted molar refractivity (Wildman–Crippen MR) is 82.3 cm³/mol. The molecular weight excluding hydrogens is 310 g/mol. The van der Waals surface area contributed by atoms with Gasteiger partial charge in [-0.05, 0) is 6.92 Å². The third-order valence-electron chi connectivity index (χ3n) is 3.07. The number of rotatable bonds is 5. The SMILES string of the molecule is COc1ncnc2c1nc(CCCl)n2Cc1cnc(C)s1. The zero-order chi connectivity index (χ0) is 14.8. The highest BCUT2D eigenvalue weighted by Crippen LogP contribution is 2.24. The number of fused-ring (bicyclic) bond motifs is 1. The van der Waals surface area contributed by atoms with Crippen LogP contribution in [0, 0.1) is 6.92 Å². The molecule has 0 aliphatic rings. The summed E-state index contributed by atoms with van der Waals surface area (Å²) < 4.78 is 7.31. The fraction of sp³-hybridized carbons (Fsp3) is 0.385. The van der Waals surface area contributed by atoms with Gasteiger partial charge in [0.1, 0.15) is 12.2 Å². The molecule has 0 spiro atoms. The molecule has 0 amide bonds. The Kier molecular flexibility index (Phi) is 4.03. The van der Waals surface area contributed by atoms with Crippen molar-refractivity contribution in [1.82, 2.24) is 24.5 Å². The molecule has 110 valence electrons. The van der Waals surface area contributed by atoms with E-state index in [0.29, 0.717) is 30.2 Å². The first kappa shape index (κ1) is 14.2. The Morgan fingerprint density at radius 3 is 2.86 bits per heavy atom. The molecule has 0 N–H and O–H groups in total. The van der Waals surface area contributed by atoms with Gasteiger partial charge in [0.15, 0.2) is 11.2 Å². The van der Waals surface area contributed by atoms with Crippen molar-refractivity contribution in [2.75, 3.05) is 13.0 Å². The second-order valence-electron chi connectivity index (χ2n) is 4.45. The molecule has 0 atom stereocenters. The van der Waals surface area contributed by atoms with Crippen LogP contribution in [-0.4, -0.2) is 37.5 Å². The molecule has 0 saturated heterocycles. The van der Waals surface area contributed by atoms with Gasteiger partial charge in [-0.2, -0.15) is 4.98 Å². The van der Waals surface area contributed by atoms with Gasteiger partial charge in [-0.3, -0.25) is 0 Å². The first-order valence-electron chi connectivity index (χ1n) is 6.44. The quantitative estimate of drug-likeness (QED) is 0.675. The van der Waals surface area contributed by atoms with Crippen LogP contribution >= 0.6 is 22.9 Å². The van der Waals surface area contributed by atoms with Gasteiger partial charge in [0.05, 0.1) is 18.7 Å². The highest BCUT2D eigenvalue weighted by Gasteiger charge is 2.16. The van der Waals surface area contributed by atoms with E-state index in [1.54, 1.807) is 18.4 Å². The number of aryl methyl sites for hydroxylation is 2. The second-order valence-corrected chi connectivity index (χ2v) is 6.15. The Hall–Kier alpha value is -1.73. The fourth-order valence-corrected chi connectivity index (χ4v) is 3.14. The fourth-order valence-electron chi connectivity index (χ4n) is 2.19. The molecule has 3 aromatic heterocycles.